The van der Waals surface area contributed by atoms with Crippen molar-refractivity contribution >= 4 is 5.97 Å². The first-order chi connectivity index (χ1) is 8.34. The summed E-state index contributed by atoms with van der Waals surface area (Å²) in [5.74, 6) is 1.09. The first-order valence-corrected chi connectivity index (χ1v) is 6.95. The molecule has 5 unspecified atom stereocenters. The van der Waals surface area contributed by atoms with Crippen molar-refractivity contribution in [3.8, 4) is 0 Å². The third-order valence-corrected chi connectivity index (χ3v) is 5.39. The van der Waals surface area contributed by atoms with Crippen LogP contribution in [0.5, 0.6) is 0 Å². The number of esters is 1. The van der Waals surface area contributed by atoms with Crippen LogP contribution in [-0.2, 0) is 9.53 Å². The van der Waals surface area contributed by atoms with Gasteiger partial charge in [0.1, 0.15) is 5.60 Å². The van der Waals surface area contributed by atoms with Gasteiger partial charge in [-0.3, -0.25) is 0 Å². The number of carbonyl (C=O) groups is 1. The maximum absolute atomic E-state index is 11.9. The highest BCUT2D eigenvalue weighted by atomic mass is 16.6. The lowest BCUT2D eigenvalue weighted by Gasteiger charge is -2.62. The van der Waals surface area contributed by atoms with Crippen molar-refractivity contribution in [1.29, 1.82) is 0 Å². The number of hydrogen-bond acceptors (Lipinski definition) is 3. The highest BCUT2D eigenvalue weighted by Crippen LogP contribution is 2.61. The van der Waals surface area contributed by atoms with Crippen LogP contribution in [0.2, 0.25) is 0 Å². The van der Waals surface area contributed by atoms with Gasteiger partial charge in [-0.2, -0.15) is 0 Å². The van der Waals surface area contributed by atoms with Crippen LogP contribution in [0.25, 0.3) is 0 Å². The van der Waals surface area contributed by atoms with Crippen LogP contribution in [0, 0.1) is 17.8 Å². The molecule has 0 spiro atoms. The molecule has 0 radical (unpaired) electrons. The van der Waals surface area contributed by atoms with Crippen molar-refractivity contribution in [3.05, 3.63) is 12.2 Å². The molecular weight excluding hydrogens is 228 g/mol. The molecule has 4 bridgehead atoms. The Morgan fingerprint density at radius 3 is 2.72 bits per heavy atom. The lowest BCUT2D eigenvalue weighted by molar-refractivity contribution is -0.240. The second kappa shape index (κ2) is 3.60. The molecule has 18 heavy (non-hydrogen) atoms. The first kappa shape index (κ1) is 12.2. The molecule has 0 aromatic carbocycles. The summed E-state index contributed by atoms with van der Waals surface area (Å²) in [6.45, 7) is 7.52. The van der Waals surface area contributed by atoms with Crippen molar-refractivity contribution < 1.29 is 14.6 Å². The van der Waals surface area contributed by atoms with Crippen LogP contribution in [0.3, 0.4) is 0 Å². The van der Waals surface area contributed by atoms with E-state index in [1.165, 1.54) is 6.42 Å². The highest BCUT2D eigenvalue weighted by Gasteiger charge is 2.62. The fraction of sp³-hybridized carbons (Fsp3) is 0.800. The largest absolute Gasteiger partial charge is 0.455 e. The van der Waals surface area contributed by atoms with E-state index in [1.54, 1.807) is 6.92 Å². The number of carbonyl (C=O) groups excluding carboxylic acids is 1. The normalized spacial score (nSPS) is 49.2. The maximum Gasteiger partial charge on any atom is 0.333 e. The van der Waals surface area contributed by atoms with Gasteiger partial charge in [0, 0.05) is 12.0 Å². The molecule has 4 rings (SSSR count). The van der Waals surface area contributed by atoms with Crippen LogP contribution in [-0.4, -0.2) is 22.3 Å². The molecule has 100 valence electrons. The molecular formula is C15H22O3. The van der Waals surface area contributed by atoms with Crippen LogP contribution in [0.1, 0.15) is 46.0 Å². The molecule has 3 heteroatoms. The Balaban J connectivity index is 1.90. The zero-order valence-corrected chi connectivity index (χ0v) is 11.2. The van der Waals surface area contributed by atoms with E-state index in [1.807, 2.05) is 0 Å². The quantitative estimate of drug-likeness (QED) is 0.605. The predicted molar refractivity (Wildman–Crippen MR) is 67.8 cm³/mol. The molecule has 0 saturated heterocycles. The van der Waals surface area contributed by atoms with Gasteiger partial charge in [-0.1, -0.05) is 13.5 Å². The van der Waals surface area contributed by atoms with E-state index >= 15 is 0 Å². The Morgan fingerprint density at radius 2 is 2.11 bits per heavy atom. The zero-order chi connectivity index (χ0) is 13.1. The average molecular weight is 250 g/mol. The number of ether oxygens (including phenoxy) is 1. The SMILES string of the molecule is C=C(C)C(=O)OC12CC3CC(CC(O)(C3)C1)C2C. The summed E-state index contributed by atoms with van der Waals surface area (Å²) in [6, 6.07) is 0. The number of rotatable bonds is 2. The van der Waals surface area contributed by atoms with Crippen molar-refractivity contribution in [2.24, 2.45) is 17.8 Å². The van der Waals surface area contributed by atoms with E-state index in [9.17, 15) is 9.90 Å². The first-order valence-electron chi connectivity index (χ1n) is 6.95. The monoisotopic (exact) mass is 250 g/mol. The van der Waals surface area contributed by atoms with Gasteiger partial charge >= 0.3 is 5.97 Å². The third kappa shape index (κ3) is 1.63. The van der Waals surface area contributed by atoms with E-state index in [0.717, 1.165) is 19.3 Å². The Bertz CT molecular complexity index is 416. The summed E-state index contributed by atoms with van der Waals surface area (Å²) in [5.41, 5.74) is -0.576. The average Bonchev–Trinajstić information content (AvgIpc) is 2.23. The molecule has 4 fully saturated rings. The standard InChI is InChI=1S/C15H22O3/c1-9(2)13(16)18-15-6-11-4-12(10(15)3)7-14(17,5-11)8-15/h10-12,17H,1,4-8H2,2-3H3. The van der Waals surface area contributed by atoms with Crippen LogP contribution in [0.15, 0.2) is 12.2 Å². The van der Waals surface area contributed by atoms with Crippen molar-refractivity contribution in [2.75, 3.05) is 0 Å². The molecule has 4 saturated carbocycles. The summed E-state index contributed by atoms with van der Waals surface area (Å²) < 4.78 is 5.79. The highest BCUT2D eigenvalue weighted by molar-refractivity contribution is 5.87. The van der Waals surface area contributed by atoms with Crippen LogP contribution >= 0.6 is 0 Å². The van der Waals surface area contributed by atoms with E-state index in [2.05, 4.69) is 13.5 Å². The zero-order valence-electron chi connectivity index (χ0n) is 11.2. The van der Waals surface area contributed by atoms with Gasteiger partial charge in [0.05, 0.1) is 5.60 Å². The van der Waals surface area contributed by atoms with Gasteiger partial charge in [0.2, 0.25) is 0 Å². The molecule has 4 aliphatic rings. The molecule has 1 N–H and O–H groups in total. The fourth-order valence-corrected chi connectivity index (χ4v) is 4.72. The van der Waals surface area contributed by atoms with E-state index < -0.39 is 11.2 Å². The Labute approximate surface area is 108 Å². The van der Waals surface area contributed by atoms with Crippen LogP contribution in [0.4, 0.5) is 0 Å². The van der Waals surface area contributed by atoms with E-state index in [-0.39, 0.29) is 5.97 Å². The summed E-state index contributed by atoms with van der Waals surface area (Å²) in [4.78, 5) is 11.9. The van der Waals surface area contributed by atoms with Crippen molar-refractivity contribution in [3.63, 3.8) is 0 Å². The lowest BCUT2D eigenvalue weighted by Crippen LogP contribution is -2.64. The van der Waals surface area contributed by atoms with Gasteiger partial charge in [-0.25, -0.2) is 4.79 Å². The molecule has 0 aromatic rings. The van der Waals surface area contributed by atoms with Gasteiger partial charge in [0.25, 0.3) is 0 Å². The van der Waals surface area contributed by atoms with E-state index in [4.69, 9.17) is 4.74 Å². The van der Waals surface area contributed by atoms with Gasteiger partial charge in [0.15, 0.2) is 0 Å². The number of aliphatic hydroxyl groups is 1. The second-order valence-corrected chi connectivity index (χ2v) is 6.90. The molecule has 0 amide bonds. The van der Waals surface area contributed by atoms with Crippen molar-refractivity contribution in [2.45, 2.75) is 57.2 Å². The van der Waals surface area contributed by atoms with Gasteiger partial charge < -0.3 is 9.84 Å². The Kier molecular flexibility index (Phi) is 2.44. The minimum Gasteiger partial charge on any atom is -0.455 e. The minimum atomic E-state index is -0.590. The topological polar surface area (TPSA) is 46.5 Å². The molecule has 0 heterocycles. The summed E-state index contributed by atoms with van der Waals surface area (Å²) >= 11 is 0. The smallest absolute Gasteiger partial charge is 0.333 e. The molecule has 4 aliphatic carbocycles. The summed E-state index contributed by atoms with van der Waals surface area (Å²) in [7, 11) is 0. The van der Waals surface area contributed by atoms with E-state index in [0.29, 0.717) is 29.7 Å². The predicted octanol–water partition coefficient (Wildman–Crippen LogP) is 2.44. The molecule has 3 nitrogen and oxygen atoms in total. The summed E-state index contributed by atoms with van der Waals surface area (Å²) in [5, 5.41) is 10.6. The van der Waals surface area contributed by atoms with Crippen molar-refractivity contribution in [1.82, 2.24) is 0 Å². The second-order valence-electron chi connectivity index (χ2n) is 6.90. The Hall–Kier alpha value is -0.830. The summed E-state index contributed by atoms with van der Waals surface area (Å²) in [6.07, 6.45) is 4.51. The molecule has 5 atom stereocenters. The minimum absolute atomic E-state index is 0.299. The van der Waals surface area contributed by atoms with Crippen LogP contribution < -0.4 is 0 Å². The Morgan fingerprint density at radius 1 is 1.39 bits per heavy atom. The molecule has 0 aromatic heterocycles. The maximum atomic E-state index is 11.9. The molecule has 0 aliphatic heterocycles. The third-order valence-electron chi connectivity index (χ3n) is 5.39. The number of hydrogen-bond donors (Lipinski definition) is 1. The lowest BCUT2D eigenvalue weighted by atomic mass is 9.48. The fourth-order valence-electron chi connectivity index (χ4n) is 4.72. The van der Waals surface area contributed by atoms with Gasteiger partial charge in [-0.15, -0.1) is 0 Å². The van der Waals surface area contributed by atoms with Gasteiger partial charge in [-0.05, 0) is 50.4 Å².